The minimum Gasteiger partial charge on any atom is -0.350 e. The van der Waals surface area contributed by atoms with Crippen LogP contribution in [0.25, 0.3) is 0 Å². The van der Waals surface area contributed by atoms with Gasteiger partial charge < -0.3 is 10.6 Å². The molecule has 1 unspecified atom stereocenters. The molecule has 2 aromatic rings. The summed E-state index contributed by atoms with van der Waals surface area (Å²) in [5.41, 5.74) is -0.262. The Balaban J connectivity index is 2.20. The predicted molar refractivity (Wildman–Crippen MR) is 72.8 cm³/mol. The summed E-state index contributed by atoms with van der Waals surface area (Å²) in [5.74, 6) is -0.865. The van der Waals surface area contributed by atoms with Crippen molar-refractivity contribution in [3.8, 4) is 0 Å². The summed E-state index contributed by atoms with van der Waals surface area (Å²) in [7, 11) is 0. The van der Waals surface area contributed by atoms with Gasteiger partial charge in [-0.25, -0.2) is 8.78 Å². The van der Waals surface area contributed by atoms with Gasteiger partial charge in [0.05, 0.1) is 6.20 Å². The van der Waals surface area contributed by atoms with Crippen LogP contribution in [0.3, 0.4) is 0 Å². The lowest BCUT2D eigenvalue weighted by molar-refractivity contribution is 0.590. The highest BCUT2D eigenvalue weighted by molar-refractivity contribution is 5.57. The molecule has 0 fully saturated rings. The van der Waals surface area contributed by atoms with Crippen LogP contribution in [0.15, 0.2) is 24.4 Å². The molecule has 0 saturated carbocycles. The summed E-state index contributed by atoms with van der Waals surface area (Å²) in [6.45, 7) is 3.99. The molecule has 20 heavy (non-hydrogen) atoms. The standard InChI is InChI=1S/C13H15F2N5/c1-3-8(2)17-13-19-11(7-16-20-13)18-12-9(14)5-4-6-10(12)15/h4-8H,3H2,1-2H3,(H2,17,18,19,20). The van der Waals surface area contributed by atoms with Crippen molar-refractivity contribution in [3.63, 3.8) is 0 Å². The number of hydrogen-bond acceptors (Lipinski definition) is 5. The van der Waals surface area contributed by atoms with Gasteiger partial charge >= 0.3 is 0 Å². The van der Waals surface area contributed by atoms with E-state index in [-0.39, 0.29) is 17.5 Å². The quantitative estimate of drug-likeness (QED) is 0.880. The number of para-hydroxylation sites is 1. The number of aromatic nitrogens is 3. The fraction of sp³-hybridized carbons (Fsp3) is 0.308. The van der Waals surface area contributed by atoms with E-state index in [2.05, 4.69) is 25.8 Å². The Morgan fingerprint density at radius 1 is 1.25 bits per heavy atom. The molecule has 0 radical (unpaired) electrons. The van der Waals surface area contributed by atoms with Crippen molar-refractivity contribution in [2.45, 2.75) is 26.3 Å². The number of anilines is 3. The smallest absolute Gasteiger partial charge is 0.244 e. The van der Waals surface area contributed by atoms with Gasteiger partial charge in [-0.05, 0) is 25.5 Å². The third-order valence-corrected chi connectivity index (χ3v) is 2.76. The zero-order valence-electron chi connectivity index (χ0n) is 11.2. The second kappa shape index (κ2) is 6.23. The number of rotatable bonds is 5. The first-order valence-electron chi connectivity index (χ1n) is 6.27. The van der Waals surface area contributed by atoms with E-state index in [9.17, 15) is 8.78 Å². The lowest BCUT2D eigenvalue weighted by Gasteiger charge is -2.12. The highest BCUT2D eigenvalue weighted by Crippen LogP contribution is 2.21. The Morgan fingerprint density at radius 3 is 2.60 bits per heavy atom. The molecule has 1 atom stereocenters. The highest BCUT2D eigenvalue weighted by Gasteiger charge is 2.10. The first kappa shape index (κ1) is 14.1. The fourth-order valence-corrected chi connectivity index (χ4v) is 1.49. The lowest BCUT2D eigenvalue weighted by Crippen LogP contribution is -2.16. The molecule has 0 bridgehead atoms. The van der Waals surface area contributed by atoms with E-state index in [1.165, 1.54) is 24.4 Å². The Morgan fingerprint density at radius 2 is 1.95 bits per heavy atom. The maximum atomic E-state index is 13.5. The van der Waals surface area contributed by atoms with Gasteiger partial charge in [0.15, 0.2) is 5.82 Å². The van der Waals surface area contributed by atoms with Crippen LogP contribution in [0.4, 0.5) is 26.2 Å². The average molecular weight is 279 g/mol. The molecule has 1 heterocycles. The van der Waals surface area contributed by atoms with Crippen LogP contribution in [0.2, 0.25) is 0 Å². The second-order valence-electron chi connectivity index (χ2n) is 4.34. The first-order valence-corrected chi connectivity index (χ1v) is 6.27. The number of halogens is 2. The number of benzene rings is 1. The monoisotopic (exact) mass is 279 g/mol. The first-order chi connectivity index (χ1) is 9.60. The molecule has 2 rings (SSSR count). The molecule has 0 aliphatic rings. The average Bonchev–Trinajstić information content (AvgIpc) is 2.43. The molecule has 0 amide bonds. The third-order valence-electron chi connectivity index (χ3n) is 2.76. The maximum Gasteiger partial charge on any atom is 0.244 e. The summed E-state index contributed by atoms with van der Waals surface area (Å²) in [4.78, 5) is 4.11. The minimum absolute atomic E-state index is 0.178. The van der Waals surface area contributed by atoms with Crippen molar-refractivity contribution in [2.75, 3.05) is 10.6 Å². The van der Waals surface area contributed by atoms with Gasteiger partial charge in [-0.2, -0.15) is 10.1 Å². The van der Waals surface area contributed by atoms with Gasteiger partial charge in [0.1, 0.15) is 17.3 Å². The van der Waals surface area contributed by atoms with Crippen molar-refractivity contribution >= 4 is 17.5 Å². The van der Waals surface area contributed by atoms with Gasteiger partial charge in [0.25, 0.3) is 0 Å². The third kappa shape index (κ3) is 3.37. The Hall–Kier alpha value is -2.31. The molecule has 1 aromatic heterocycles. The maximum absolute atomic E-state index is 13.5. The van der Waals surface area contributed by atoms with Gasteiger partial charge in [-0.15, -0.1) is 5.10 Å². The molecule has 1 aromatic carbocycles. The molecule has 7 heteroatoms. The zero-order chi connectivity index (χ0) is 14.5. The van der Waals surface area contributed by atoms with E-state index < -0.39 is 11.6 Å². The van der Waals surface area contributed by atoms with Crippen molar-refractivity contribution in [1.82, 2.24) is 15.2 Å². The molecule has 0 spiro atoms. The van der Waals surface area contributed by atoms with Crippen LogP contribution in [0, 0.1) is 11.6 Å². The number of nitrogens with zero attached hydrogens (tertiary/aromatic N) is 3. The van der Waals surface area contributed by atoms with E-state index in [4.69, 9.17) is 0 Å². The van der Waals surface area contributed by atoms with E-state index in [1.54, 1.807) is 0 Å². The van der Waals surface area contributed by atoms with E-state index in [1.807, 2.05) is 13.8 Å². The molecular weight excluding hydrogens is 264 g/mol. The summed E-state index contributed by atoms with van der Waals surface area (Å²) < 4.78 is 27.0. The number of nitrogens with one attached hydrogen (secondary N) is 2. The van der Waals surface area contributed by atoms with Crippen molar-refractivity contribution < 1.29 is 8.78 Å². The fourth-order valence-electron chi connectivity index (χ4n) is 1.49. The van der Waals surface area contributed by atoms with E-state index in [0.29, 0.717) is 5.95 Å². The largest absolute Gasteiger partial charge is 0.350 e. The number of hydrogen-bond donors (Lipinski definition) is 2. The Kier molecular flexibility index (Phi) is 4.39. The molecule has 106 valence electrons. The van der Waals surface area contributed by atoms with Crippen LogP contribution in [-0.2, 0) is 0 Å². The molecule has 2 N–H and O–H groups in total. The molecule has 0 aliphatic heterocycles. The van der Waals surface area contributed by atoms with E-state index >= 15 is 0 Å². The van der Waals surface area contributed by atoms with Crippen LogP contribution < -0.4 is 10.6 Å². The summed E-state index contributed by atoms with van der Waals surface area (Å²) >= 11 is 0. The molecule has 0 saturated heterocycles. The van der Waals surface area contributed by atoms with Gasteiger partial charge in [-0.3, -0.25) is 0 Å². The predicted octanol–water partition coefficient (Wildman–Crippen LogP) is 3.10. The van der Waals surface area contributed by atoms with E-state index in [0.717, 1.165) is 6.42 Å². The van der Waals surface area contributed by atoms with Gasteiger partial charge in [-0.1, -0.05) is 13.0 Å². The van der Waals surface area contributed by atoms with Crippen molar-refractivity contribution in [3.05, 3.63) is 36.0 Å². The second-order valence-corrected chi connectivity index (χ2v) is 4.34. The topological polar surface area (TPSA) is 62.7 Å². The lowest BCUT2D eigenvalue weighted by atomic mass is 10.3. The van der Waals surface area contributed by atoms with Crippen LogP contribution >= 0.6 is 0 Å². The van der Waals surface area contributed by atoms with Crippen LogP contribution in [-0.4, -0.2) is 21.2 Å². The van der Waals surface area contributed by atoms with Crippen LogP contribution in [0.1, 0.15) is 20.3 Å². The Bertz CT molecular complexity index is 570. The summed E-state index contributed by atoms with van der Waals surface area (Å²) in [5, 5.41) is 13.2. The normalized spacial score (nSPS) is 12.0. The van der Waals surface area contributed by atoms with Gasteiger partial charge in [0, 0.05) is 6.04 Å². The molecule has 5 nitrogen and oxygen atoms in total. The highest BCUT2D eigenvalue weighted by atomic mass is 19.1. The summed E-state index contributed by atoms with van der Waals surface area (Å²) in [6.07, 6.45) is 2.19. The molecule has 0 aliphatic carbocycles. The zero-order valence-corrected chi connectivity index (χ0v) is 11.2. The SMILES string of the molecule is CCC(C)Nc1nncc(Nc2c(F)cccc2F)n1. The van der Waals surface area contributed by atoms with Crippen molar-refractivity contribution in [1.29, 1.82) is 0 Å². The Labute approximate surface area is 115 Å². The minimum atomic E-state index is -0.694. The van der Waals surface area contributed by atoms with Crippen LogP contribution in [0.5, 0.6) is 0 Å². The summed E-state index contributed by atoms with van der Waals surface area (Å²) in [6, 6.07) is 3.80. The molecular formula is C13H15F2N5. The van der Waals surface area contributed by atoms with Gasteiger partial charge in [0.2, 0.25) is 5.95 Å². The van der Waals surface area contributed by atoms with Crippen molar-refractivity contribution in [2.24, 2.45) is 0 Å².